The lowest BCUT2D eigenvalue weighted by molar-refractivity contribution is -0.136. The van der Waals surface area contributed by atoms with Crippen LogP contribution in [0.4, 0.5) is 0 Å². The van der Waals surface area contributed by atoms with Gasteiger partial charge in [0.25, 0.3) is 5.91 Å². The highest BCUT2D eigenvalue weighted by atomic mass is 79.9. The van der Waals surface area contributed by atoms with Crippen LogP contribution in [0.3, 0.4) is 0 Å². The van der Waals surface area contributed by atoms with Crippen LogP contribution in [-0.2, 0) is 11.2 Å². The summed E-state index contributed by atoms with van der Waals surface area (Å²) in [5.74, 6) is 0.597. The van der Waals surface area contributed by atoms with Gasteiger partial charge in [-0.1, -0.05) is 47.1 Å². The fraction of sp³-hybridized carbons (Fsp3) is 0.333. The first kappa shape index (κ1) is 24.5. The van der Waals surface area contributed by atoms with E-state index in [4.69, 9.17) is 4.74 Å². The molecule has 4 rings (SSSR count). The highest BCUT2D eigenvalue weighted by Crippen LogP contribution is 2.34. The van der Waals surface area contributed by atoms with Gasteiger partial charge in [-0.3, -0.25) is 9.59 Å². The van der Waals surface area contributed by atoms with Crippen molar-refractivity contribution < 1.29 is 14.3 Å². The van der Waals surface area contributed by atoms with Crippen molar-refractivity contribution >= 4 is 39.1 Å². The van der Waals surface area contributed by atoms with Gasteiger partial charge in [-0.2, -0.15) is 0 Å². The van der Waals surface area contributed by atoms with Gasteiger partial charge in [0.1, 0.15) is 18.9 Å². The standard InChI is InChI=1S/C27H29BrN2O3S/c1-3-19(2)30(27(32)20-8-7-9-21(28)16-20)17-26(31)29-14-12-25-23(13-15-34-25)24(29)18-33-22-10-5-4-6-11-22/h4-11,13,15-16,19,24H,3,12,14,17-18H2,1-2H3/t19-,24-/m1/s1. The zero-order chi connectivity index (χ0) is 24.1. The number of carbonyl (C=O) groups excluding carboxylic acids is 2. The fourth-order valence-electron chi connectivity index (χ4n) is 4.24. The minimum Gasteiger partial charge on any atom is -0.491 e. The molecular formula is C27H29BrN2O3S. The molecule has 0 unspecified atom stereocenters. The number of rotatable bonds is 8. The Morgan fingerprint density at radius 2 is 1.97 bits per heavy atom. The van der Waals surface area contributed by atoms with E-state index in [0.29, 0.717) is 18.7 Å². The monoisotopic (exact) mass is 540 g/mol. The Balaban J connectivity index is 1.55. The summed E-state index contributed by atoms with van der Waals surface area (Å²) in [4.78, 5) is 31.9. The van der Waals surface area contributed by atoms with Gasteiger partial charge in [-0.15, -0.1) is 11.3 Å². The lowest BCUT2D eigenvalue weighted by Crippen LogP contribution is -2.49. The van der Waals surface area contributed by atoms with E-state index in [1.807, 2.05) is 61.2 Å². The van der Waals surface area contributed by atoms with Gasteiger partial charge in [0.05, 0.1) is 6.04 Å². The number of amides is 2. The van der Waals surface area contributed by atoms with Crippen molar-refractivity contribution in [1.82, 2.24) is 9.80 Å². The summed E-state index contributed by atoms with van der Waals surface area (Å²) in [7, 11) is 0. The second kappa shape index (κ2) is 11.2. The Hall–Kier alpha value is -2.64. The third-order valence-electron chi connectivity index (χ3n) is 6.33. The maximum absolute atomic E-state index is 13.7. The van der Waals surface area contributed by atoms with E-state index in [1.165, 1.54) is 4.88 Å². The summed E-state index contributed by atoms with van der Waals surface area (Å²) in [5.41, 5.74) is 1.72. The molecule has 178 valence electrons. The minimum atomic E-state index is -0.178. The van der Waals surface area contributed by atoms with Crippen LogP contribution in [0.25, 0.3) is 0 Å². The summed E-state index contributed by atoms with van der Waals surface area (Å²) in [5, 5.41) is 2.08. The second-order valence-electron chi connectivity index (χ2n) is 8.48. The molecule has 1 aliphatic heterocycles. The molecule has 0 aliphatic carbocycles. The van der Waals surface area contributed by atoms with Crippen molar-refractivity contribution in [3.8, 4) is 5.75 Å². The molecule has 34 heavy (non-hydrogen) atoms. The topological polar surface area (TPSA) is 49.9 Å². The Morgan fingerprint density at radius 1 is 1.18 bits per heavy atom. The molecule has 1 aromatic heterocycles. The maximum Gasteiger partial charge on any atom is 0.254 e. The second-order valence-corrected chi connectivity index (χ2v) is 10.4. The molecule has 0 fully saturated rings. The van der Waals surface area contributed by atoms with Gasteiger partial charge in [0, 0.05) is 27.5 Å². The number of nitrogens with zero attached hydrogens (tertiary/aromatic N) is 2. The Bertz CT molecular complexity index is 1130. The van der Waals surface area contributed by atoms with Crippen molar-refractivity contribution in [3.05, 3.63) is 86.5 Å². The van der Waals surface area contributed by atoms with Crippen LogP contribution in [0.15, 0.2) is 70.5 Å². The Morgan fingerprint density at radius 3 is 2.71 bits per heavy atom. The number of hydrogen-bond donors (Lipinski definition) is 0. The zero-order valence-corrected chi connectivity index (χ0v) is 21.8. The van der Waals surface area contributed by atoms with Gasteiger partial charge in [-0.05, 0) is 67.1 Å². The Labute approximate surface area is 213 Å². The van der Waals surface area contributed by atoms with Crippen molar-refractivity contribution in [3.63, 3.8) is 0 Å². The quantitative estimate of drug-likeness (QED) is 0.354. The van der Waals surface area contributed by atoms with E-state index in [2.05, 4.69) is 27.4 Å². The molecule has 3 aromatic rings. The van der Waals surface area contributed by atoms with Crippen LogP contribution in [0.5, 0.6) is 5.75 Å². The molecule has 1 aliphatic rings. The van der Waals surface area contributed by atoms with E-state index in [9.17, 15) is 9.59 Å². The normalized spacial score (nSPS) is 16.0. The van der Waals surface area contributed by atoms with Gasteiger partial charge in [0.2, 0.25) is 5.91 Å². The number of ether oxygens (including phenoxy) is 1. The highest BCUT2D eigenvalue weighted by molar-refractivity contribution is 9.10. The molecule has 0 saturated carbocycles. The predicted molar refractivity (Wildman–Crippen MR) is 139 cm³/mol. The molecular weight excluding hydrogens is 512 g/mol. The third kappa shape index (κ3) is 5.53. The van der Waals surface area contributed by atoms with Crippen LogP contribution < -0.4 is 4.74 Å². The number of thiophene rings is 1. The summed E-state index contributed by atoms with van der Waals surface area (Å²) in [6.07, 6.45) is 1.59. The number of fused-ring (bicyclic) bond motifs is 1. The van der Waals surface area contributed by atoms with Crippen molar-refractivity contribution in [2.45, 2.75) is 38.8 Å². The van der Waals surface area contributed by atoms with E-state index in [0.717, 1.165) is 28.6 Å². The molecule has 2 heterocycles. The molecule has 5 nitrogen and oxygen atoms in total. The first-order valence-electron chi connectivity index (χ1n) is 11.6. The minimum absolute atomic E-state index is 0.0433. The molecule has 0 radical (unpaired) electrons. The lowest BCUT2D eigenvalue weighted by Gasteiger charge is -2.38. The van der Waals surface area contributed by atoms with Crippen LogP contribution in [0.1, 0.15) is 47.1 Å². The van der Waals surface area contributed by atoms with Gasteiger partial charge >= 0.3 is 0 Å². The summed E-state index contributed by atoms with van der Waals surface area (Å²) < 4.78 is 6.92. The van der Waals surface area contributed by atoms with E-state index in [-0.39, 0.29) is 30.4 Å². The van der Waals surface area contributed by atoms with Crippen LogP contribution in [0, 0.1) is 0 Å². The molecule has 7 heteroatoms. The summed E-state index contributed by atoms with van der Waals surface area (Å²) >= 11 is 5.17. The third-order valence-corrected chi connectivity index (χ3v) is 7.82. The zero-order valence-electron chi connectivity index (χ0n) is 19.4. The van der Waals surface area contributed by atoms with Gasteiger partial charge in [0.15, 0.2) is 0 Å². The van der Waals surface area contributed by atoms with E-state index >= 15 is 0 Å². The van der Waals surface area contributed by atoms with Crippen molar-refractivity contribution in [1.29, 1.82) is 0 Å². The van der Waals surface area contributed by atoms with Crippen molar-refractivity contribution in [2.24, 2.45) is 0 Å². The average Bonchev–Trinajstić information content (AvgIpc) is 3.34. The largest absolute Gasteiger partial charge is 0.491 e. The molecule has 0 N–H and O–H groups in total. The SMILES string of the molecule is CC[C@@H](C)N(CC(=O)N1CCc2sccc2[C@H]1COc1ccccc1)C(=O)c1cccc(Br)c1. The first-order valence-corrected chi connectivity index (χ1v) is 13.2. The average molecular weight is 542 g/mol. The summed E-state index contributed by atoms with van der Waals surface area (Å²) in [6, 6.07) is 18.9. The Kier molecular flexibility index (Phi) is 8.06. The molecule has 2 atom stereocenters. The molecule has 0 saturated heterocycles. The van der Waals surface area contributed by atoms with Crippen LogP contribution in [-0.4, -0.2) is 47.4 Å². The van der Waals surface area contributed by atoms with Gasteiger partial charge in [-0.25, -0.2) is 0 Å². The molecule has 0 spiro atoms. The highest BCUT2D eigenvalue weighted by Gasteiger charge is 2.34. The van der Waals surface area contributed by atoms with Crippen molar-refractivity contribution in [2.75, 3.05) is 19.7 Å². The number of carbonyl (C=O) groups is 2. The maximum atomic E-state index is 13.7. The lowest BCUT2D eigenvalue weighted by atomic mass is 10.00. The molecule has 2 amide bonds. The molecule has 0 bridgehead atoms. The number of para-hydroxylation sites is 1. The number of benzene rings is 2. The predicted octanol–water partition coefficient (Wildman–Crippen LogP) is 5.96. The van der Waals surface area contributed by atoms with E-state index in [1.54, 1.807) is 28.4 Å². The molecule has 2 aromatic carbocycles. The number of halogens is 1. The smallest absolute Gasteiger partial charge is 0.254 e. The first-order chi connectivity index (χ1) is 16.5. The van der Waals surface area contributed by atoms with Crippen LogP contribution in [0.2, 0.25) is 0 Å². The van der Waals surface area contributed by atoms with Gasteiger partial charge < -0.3 is 14.5 Å². The fourth-order valence-corrected chi connectivity index (χ4v) is 5.57. The van der Waals surface area contributed by atoms with Crippen LogP contribution >= 0.6 is 27.3 Å². The number of hydrogen-bond acceptors (Lipinski definition) is 4. The van der Waals surface area contributed by atoms with E-state index < -0.39 is 0 Å². The summed E-state index contributed by atoms with van der Waals surface area (Å²) in [6.45, 7) is 5.07.